The van der Waals surface area contributed by atoms with Gasteiger partial charge in [-0.25, -0.2) is 4.31 Å². The molecule has 0 bridgehead atoms. The maximum absolute atomic E-state index is 2.68. The monoisotopic (exact) mass is 267 g/mol. The maximum atomic E-state index is 2.68. The van der Waals surface area contributed by atoms with Crippen LogP contribution in [-0.4, -0.2) is 16.9 Å². The van der Waals surface area contributed by atoms with E-state index in [4.69, 9.17) is 0 Å². The van der Waals surface area contributed by atoms with E-state index >= 15 is 0 Å². The Morgan fingerprint density at radius 1 is 1.47 bits per heavy atom. The van der Waals surface area contributed by atoms with Crippen molar-refractivity contribution >= 4 is 23.3 Å². The lowest BCUT2D eigenvalue weighted by Crippen LogP contribution is -2.22. The average Bonchev–Trinajstić information content (AvgIpc) is 3.03. The Morgan fingerprint density at radius 3 is 2.94 bits per heavy atom. The molecular formula is C14H21NS2. The summed E-state index contributed by atoms with van der Waals surface area (Å²) < 4.78 is 4.13. The van der Waals surface area contributed by atoms with Gasteiger partial charge in [-0.1, -0.05) is 25.8 Å². The molecule has 0 N–H and O–H groups in total. The first-order chi connectivity index (χ1) is 8.31. The second-order valence-corrected chi connectivity index (χ2v) is 7.87. The second kappa shape index (κ2) is 4.94. The Balaban J connectivity index is 1.71. The predicted molar refractivity (Wildman–Crippen MR) is 76.5 cm³/mol. The van der Waals surface area contributed by atoms with Gasteiger partial charge in [0.05, 0.1) is 4.21 Å². The number of hydrogen-bond donors (Lipinski definition) is 0. The van der Waals surface area contributed by atoms with E-state index in [2.05, 4.69) is 28.7 Å². The average molecular weight is 267 g/mol. The summed E-state index contributed by atoms with van der Waals surface area (Å²) in [6.45, 7) is 3.68. The van der Waals surface area contributed by atoms with Gasteiger partial charge in [0.2, 0.25) is 0 Å². The molecule has 1 atom stereocenters. The van der Waals surface area contributed by atoms with Crippen LogP contribution >= 0.6 is 23.3 Å². The molecule has 17 heavy (non-hydrogen) atoms. The highest BCUT2D eigenvalue weighted by Gasteiger charge is 2.45. The molecule has 1 aromatic rings. The fourth-order valence-electron chi connectivity index (χ4n) is 3.50. The molecule has 1 saturated carbocycles. The van der Waals surface area contributed by atoms with E-state index in [9.17, 15) is 0 Å². The van der Waals surface area contributed by atoms with E-state index in [0.29, 0.717) is 5.41 Å². The fraction of sp³-hybridized carbons (Fsp3) is 0.714. The van der Waals surface area contributed by atoms with Crippen LogP contribution in [0.2, 0.25) is 0 Å². The van der Waals surface area contributed by atoms with Gasteiger partial charge in [0.15, 0.2) is 0 Å². The van der Waals surface area contributed by atoms with Crippen LogP contribution in [0.3, 0.4) is 0 Å². The molecular weight excluding hydrogens is 246 g/mol. The van der Waals surface area contributed by atoms with Gasteiger partial charge in [-0.3, -0.25) is 0 Å². The highest BCUT2D eigenvalue weighted by atomic mass is 32.2. The Morgan fingerprint density at radius 2 is 2.29 bits per heavy atom. The van der Waals surface area contributed by atoms with Gasteiger partial charge in [-0.05, 0) is 54.5 Å². The van der Waals surface area contributed by atoms with Crippen LogP contribution in [0.4, 0.5) is 0 Å². The SMILES string of the molecule is CC[C@@H]1CC2(CCCC2)CN1Sc1cccs1. The fourth-order valence-corrected chi connectivity index (χ4v) is 5.65. The van der Waals surface area contributed by atoms with Gasteiger partial charge in [-0.2, -0.15) is 0 Å². The van der Waals surface area contributed by atoms with Crippen LogP contribution in [-0.2, 0) is 0 Å². The summed E-state index contributed by atoms with van der Waals surface area (Å²) in [6, 6.07) is 5.22. The van der Waals surface area contributed by atoms with E-state index in [-0.39, 0.29) is 0 Å². The number of rotatable bonds is 3. The molecule has 0 radical (unpaired) electrons. The minimum atomic E-state index is 0.685. The molecule has 1 aliphatic carbocycles. The molecule has 1 aromatic heterocycles. The van der Waals surface area contributed by atoms with Gasteiger partial charge in [0.25, 0.3) is 0 Å². The van der Waals surface area contributed by atoms with E-state index in [0.717, 1.165) is 6.04 Å². The molecule has 94 valence electrons. The third kappa shape index (κ3) is 2.42. The number of hydrogen-bond acceptors (Lipinski definition) is 3. The molecule has 0 amide bonds. The van der Waals surface area contributed by atoms with Crippen molar-refractivity contribution in [1.29, 1.82) is 0 Å². The van der Waals surface area contributed by atoms with Crippen molar-refractivity contribution in [2.24, 2.45) is 5.41 Å². The van der Waals surface area contributed by atoms with E-state index < -0.39 is 0 Å². The molecule has 1 nitrogen and oxygen atoms in total. The molecule has 1 saturated heterocycles. The zero-order valence-electron chi connectivity index (χ0n) is 10.5. The zero-order chi connectivity index (χ0) is 11.7. The molecule has 0 unspecified atom stereocenters. The first-order valence-corrected chi connectivity index (χ1v) is 8.45. The van der Waals surface area contributed by atoms with Crippen molar-refractivity contribution in [2.45, 2.75) is 55.7 Å². The molecule has 1 spiro atoms. The van der Waals surface area contributed by atoms with Crippen molar-refractivity contribution in [3.63, 3.8) is 0 Å². The normalized spacial score (nSPS) is 28.2. The largest absolute Gasteiger partial charge is 0.242 e. The van der Waals surface area contributed by atoms with E-state index in [1.165, 1.54) is 49.3 Å². The van der Waals surface area contributed by atoms with Crippen LogP contribution in [0.25, 0.3) is 0 Å². The third-order valence-electron chi connectivity index (χ3n) is 4.40. The Hall–Kier alpha value is 0.01000. The molecule has 0 aromatic carbocycles. The Labute approximate surface area is 113 Å². The molecule has 2 fully saturated rings. The highest BCUT2D eigenvalue weighted by Crippen LogP contribution is 2.51. The molecule has 2 heterocycles. The first kappa shape index (κ1) is 12.1. The van der Waals surface area contributed by atoms with Crippen molar-refractivity contribution in [3.8, 4) is 0 Å². The quantitative estimate of drug-likeness (QED) is 0.724. The summed E-state index contributed by atoms with van der Waals surface area (Å²) in [5, 5.41) is 2.19. The second-order valence-electron chi connectivity index (χ2n) is 5.57. The van der Waals surface area contributed by atoms with Gasteiger partial charge in [0, 0.05) is 12.6 Å². The summed E-state index contributed by atoms with van der Waals surface area (Å²) in [5.41, 5.74) is 0.685. The summed E-state index contributed by atoms with van der Waals surface area (Å²) in [6.07, 6.45) is 8.64. The van der Waals surface area contributed by atoms with Crippen LogP contribution in [0.1, 0.15) is 45.4 Å². The van der Waals surface area contributed by atoms with Crippen molar-refractivity contribution < 1.29 is 0 Å². The molecule has 3 rings (SSSR count). The number of thiophene rings is 1. The zero-order valence-corrected chi connectivity index (χ0v) is 12.2. The van der Waals surface area contributed by atoms with Crippen LogP contribution < -0.4 is 0 Å². The topological polar surface area (TPSA) is 3.24 Å². The van der Waals surface area contributed by atoms with Gasteiger partial charge < -0.3 is 0 Å². The highest BCUT2D eigenvalue weighted by molar-refractivity contribution is 7.98. The van der Waals surface area contributed by atoms with Crippen molar-refractivity contribution in [1.82, 2.24) is 4.31 Å². The van der Waals surface area contributed by atoms with Crippen LogP contribution in [0.15, 0.2) is 21.7 Å². The molecule has 2 aliphatic rings. The first-order valence-electron chi connectivity index (χ1n) is 6.79. The molecule has 3 heteroatoms. The number of nitrogens with zero attached hydrogens (tertiary/aromatic N) is 1. The third-order valence-corrected chi connectivity index (χ3v) is 6.56. The Bertz CT molecular complexity index is 354. The summed E-state index contributed by atoms with van der Waals surface area (Å²) in [5.74, 6) is 0. The van der Waals surface area contributed by atoms with E-state index in [1.54, 1.807) is 0 Å². The lowest BCUT2D eigenvalue weighted by Gasteiger charge is -2.22. The lowest BCUT2D eigenvalue weighted by molar-refractivity contribution is 0.319. The Kier molecular flexibility index (Phi) is 3.51. The summed E-state index contributed by atoms with van der Waals surface area (Å²) >= 11 is 3.88. The summed E-state index contributed by atoms with van der Waals surface area (Å²) in [4.78, 5) is 0. The maximum Gasteiger partial charge on any atom is 0.0753 e. The smallest absolute Gasteiger partial charge is 0.0753 e. The van der Waals surface area contributed by atoms with Crippen LogP contribution in [0.5, 0.6) is 0 Å². The molecule has 1 aliphatic heterocycles. The van der Waals surface area contributed by atoms with Gasteiger partial charge in [-0.15, -0.1) is 11.3 Å². The van der Waals surface area contributed by atoms with E-state index in [1.807, 2.05) is 23.3 Å². The standard InChI is InChI=1S/C14H21NS2/c1-2-12-10-14(7-3-4-8-14)11-15(12)17-13-6-5-9-16-13/h5-6,9,12H,2-4,7-8,10-11H2,1H3/t12-/m1/s1. The predicted octanol–water partition coefficient (Wildman–Crippen LogP) is 4.80. The van der Waals surface area contributed by atoms with Crippen molar-refractivity contribution in [3.05, 3.63) is 17.5 Å². The van der Waals surface area contributed by atoms with Crippen molar-refractivity contribution in [2.75, 3.05) is 6.54 Å². The minimum absolute atomic E-state index is 0.685. The minimum Gasteiger partial charge on any atom is -0.242 e. The lowest BCUT2D eigenvalue weighted by atomic mass is 9.83. The van der Waals surface area contributed by atoms with Gasteiger partial charge >= 0.3 is 0 Å². The van der Waals surface area contributed by atoms with Crippen LogP contribution in [0, 0.1) is 5.41 Å². The summed E-state index contributed by atoms with van der Waals surface area (Å²) in [7, 11) is 0. The van der Waals surface area contributed by atoms with Gasteiger partial charge in [0.1, 0.15) is 0 Å².